The molecule has 0 aliphatic carbocycles. The zero-order valence-corrected chi connectivity index (χ0v) is 14.9. The van der Waals surface area contributed by atoms with Crippen LogP contribution in [0.1, 0.15) is 50.7 Å². The molecule has 0 aliphatic rings. The second-order valence-electron chi connectivity index (χ2n) is 6.50. The van der Waals surface area contributed by atoms with Gasteiger partial charge >= 0.3 is 6.03 Å². The van der Waals surface area contributed by atoms with Crippen LogP contribution in [0, 0.1) is 10.1 Å². The van der Waals surface area contributed by atoms with Crippen LogP contribution in [0.3, 0.4) is 0 Å². The van der Waals surface area contributed by atoms with Crippen molar-refractivity contribution in [2.75, 3.05) is 10.6 Å². The van der Waals surface area contributed by atoms with E-state index in [2.05, 4.69) is 38.3 Å². The molecule has 6 heteroatoms. The summed E-state index contributed by atoms with van der Waals surface area (Å²) in [6.45, 7) is 8.33. The lowest BCUT2D eigenvalue weighted by atomic mass is 9.93. The average Bonchev–Trinajstić information content (AvgIpc) is 2.54. The molecule has 0 heterocycles. The number of amides is 2. The number of rotatable bonds is 5. The van der Waals surface area contributed by atoms with Crippen LogP contribution in [0.2, 0.25) is 0 Å². The molecule has 0 spiro atoms. The Kier molecular flexibility index (Phi) is 5.75. The Balaban J connectivity index is 2.21. The number of nitrogens with zero attached hydrogens (tertiary/aromatic N) is 1. The van der Waals surface area contributed by atoms with Crippen molar-refractivity contribution in [3.8, 4) is 0 Å². The molecule has 25 heavy (non-hydrogen) atoms. The molecule has 0 aromatic heterocycles. The van der Waals surface area contributed by atoms with Gasteiger partial charge in [-0.15, -0.1) is 0 Å². The van der Waals surface area contributed by atoms with Crippen molar-refractivity contribution in [1.29, 1.82) is 0 Å². The Morgan fingerprint density at radius 1 is 0.920 bits per heavy atom. The minimum atomic E-state index is -0.475. The third-order valence-electron chi connectivity index (χ3n) is 3.95. The van der Waals surface area contributed by atoms with E-state index in [0.29, 0.717) is 5.69 Å². The Morgan fingerprint density at radius 3 is 1.88 bits per heavy atom. The molecule has 0 aliphatic heterocycles. The Bertz CT molecular complexity index is 742. The van der Waals surface area contributed by atoms with Crippen molar-refractivity contribution in [2.24, 2.45) is 0 Å². The second-order valence-corrected chi connectivity index (χ2v) is 6.50. The van der Waals surface area contributed by atoms with Crippen LogP contribution < -0.4 is 10.6 Å². The monoisotopic (exact) mass is 341 g/mol. The van der Waals surface area contributed by atoms with Crippen molar-refractivity contribution >= 4 is 23.1 Å². The van der Waals surface area contributed by atoms with Crippen LogP contribution in [0.25, 0.3) is 0 Å². The first-order chi connectivity index (χ1) is 11.8. The van der Waals surface area contributed by atoms with Gasteiger partial charge in [-0.2, -0.15) is 0 Å². The van der Waals surface area contributed by atoms with Gasteiger partial charge in [0, 0.05) is 23.5 Å². The largest absolute Gasteiger partial charge is 0.323 e. The number of hydrogen-bond acceptors (Lipinski definition) is 3. The molecule has 0 radical (unpaired) electrons. The van der Waals surface area contributed by atoms with Crippen molar-refractivity contribution < 1.29 is 9.72 Å². The molecule has 2 aromatic carbocycles. The van der Waals surface area contributed by atoms with Crippen LogP contribution in [0.4, 0.5) is 21.9 Å². The highest BCUT2D eigenvalue weighted by Gasteiger charge is 2.16. The SMILES string of the molecule is CC(C)c1cccc(C(C)C)c1NC(=O)Nc1ccc([N+](=O)[O-])cc1. The van der Waals surface area contributed by atoms with E-state index in [-0.39, 0.29) is 23.6 Å². The molecule has 2 N–H and O–H groups in total. The first-order valence-electron chi connectivity index (χ1n) is 8.25. The Labute approximate surface area is 147 Å². The number of benzene rings is 2. The van der Waals surface area contributed by atoms with Gasteiger partial charge in [0.1, 0.15) is 0 Å². The van der Waals surface area contributed by atoms with E-state index in [1.165, 1.54) is 24.3 Å². The zero-order chi connectivity index (χ0) is 18.6. The van der Waals surface area contributed by atoms with Gasteiger partial charge in [0.15, 0.2) is 0 Å². The molecule has 0 bridgehead atoms. The topological polar surface area (TPSA) is 84.3 Å². The van der Waals surface area contributed by atoms with Crippen molar-refractivity contribution in [2.45, 2.75) is 39.5 Å². The summed E-state index contributed by atoms with van der Waals surface area (Å²) in [6, 6.07) is 11.4. The zero-order valence-electron chi connectivity index (χ0n) is 14.9. The van der Waals surface area contributed by atoms with Gasteiger partial charge < -0.3 is 10.6 Å². The summed E-state index contributed by atoms with van der Waals surface area (Å²) in [7, 11) is 0. The third kappa shape index (κ3) is 4.56. The molecular formula is C19H23N3O3. The van der Waals surface area contributed by atoms with Gasteiger partial charge in [0.05, 0.1) is 4.92 Å². The lowest BCUT2D eigenvalue weighted by Gasteiger charge is -2.20. The van der Waals surface area contributed by atoms with Gasteiger partial charge in [0.2, 0.25) is 0 Å². The molecule has 0 unspecified atom stereocenters. The molecule has 0 saturated carbocycles. The number of carbonyl (C=O) groups is 1. The highest BCUT2D eigenvalue weighted by Crippen LogP contribution is 2.32. The molecule has 2 aromatic rings. The maximum absolute atomic E-state index is 12.4. The molecule has 2 amide bonds. The molecule has 0 fully saturated rings. The maximum Gasteiger partial charge on any atom is 0.323 e. The summed E-state index contributed by atoms with van der Waals surface area (Å²) in [5, 5.41) is 16.3. The van der Waals surface area contributed by atoms with E-state index in [1.54, 1.807) is 0 Å². The van der Waals surface area contributed by atoms with Gasteiger partial charge in [-0.25, -0.2) is 4.79 Å². The quantitative estimate of drug-likeness (QED) is 0.557. The summed E-state index contributed by atoms with van der Waals surface area (Å²) in [4.78, 5) is 22.6. The minimum absolute atomic E-state index is 0.0156. The van der Waals surface area contributed by atoms with E-state index in [9.17, 15) is 14.9 Å². The molecule has 132 valence electrons. The number of non-ortho nitro benzene ring substituents is 1. The number of para-hydroxylation sites is 1. The number of urea groups is 1. The van der Waals surface area contributed by atoms with E-state index < -0.39 is 4.92 Å². The van der Waals surface area contributed by atoms with Gasteiger partial charge in [-0.05, 0) is 35.1 Å². The van der Waals surface area contributed by atoms with E-state index in [0.717, 1.165) is 16.8 Å². The van der Waals surface area contributed by atoms with E-state index in [1.807, 2.05) is 18.2 Å². The predicted molar refractivity (Wildman–Crippen MR) is 100 cm³/mol. The molecular weight excluding hydrogens is 318 g/mol. The van der Waals surface area contributed by atoms with Crippen LogP contribution in [0.15, 0.2) is 42.5 Å². The predicted octanol–water partition coefficient (Wildman–Crippen LogP) is 5.49. The summed E-state index contributed by atoms with van der Waals surface area (Å²) in [5.74, 6) is 0.543. The van der Waals surface area contributed by atoms with Crippen molar-refractivity contribution in [3.63, 3.8) is 0 Å². The number of carbonyl (C=O) groups excluding carboxylic acids is 1. The number of hydrogen-bond donors (Lipinski definition) is 2. The standard InChI is InChI=1S/C19H23N3O3/c1-12(2)16-6-5-7-17(13(3)4)18(16)21-19(23)20-14-8-10-15(11-9-14)22(24)25/h5-13H,1-4H3,(H2,20,21,23). The van der Waals surface area contributed by atoms with Crippen LogP contribution >= 0.6 is 0 Å². The van der Waals surface area contributed by atoms with E-state index in [4.69, 9.17) is 0 Å². The first kappa shape index (κ1) is 18.4. The van der Waals surface area contributed by atoms with Crippen LogP contribution in [-0.2, 0) is 0 Å². The van der Waals surface area contributed by atoms with Gasteiger partial charge in [0.25, 0.3) is 5.69 Å². The second kappa shape index (κ2) is 7.79. The number of anilines is 2. The molecule has 0 saturated heterocycles. The van der Waals surface area contributed by atoms with Gasteiger partial charge in [-0.3, -0.25) is 10.1 Å². The fourth-order valence-electron chi connectivity index (χ4n) is 2.64. The number of nitrogens with one attached hydrogen (secondary N) is 2. The van der Waals surface area contributed by atoms with Crippen molar-refractivity contribution in [1.82, 2.24) is 0 Å². The molecule has 0 atom stereocenters. The fraction of sp³-hybridized carbons (Fsp3) is 0.316. The normalized spacial score (nSPS) is 10.8. The Morgan fingerprint density at radius 2 is 1.44 bits per heavy atom. The summed E-state index contributed by atoms with van der Waals surface area (Å²) >= 11 is 0. The summed E-state index contributed by atoms with van der Waals surface area (Å²) in [5.41, 5.74) is 3.46. The number of nitro groups is 1. The highest BCUT2D eigenvalue weighted by atomic mass is 16.6. The average molecular weight is 341 g/mol. The van der Waals surface area contributed by atoms with Crippen molar-refractivity contribution in [3.05, 3.63) is 63.7 Å². The lowest BCUT2D eigenvalue weighted by molar-refractivity contribution is -0.384. The lowest BCUT2D eigenvalue weighted by Crippen LogP contribution is -2.21. The van der Waals surface area contributed by atoms with Crippen LogP contribution in [0.5, 0.6) is 0 Å². The minimum Gasteiger partial charge on any atom is -0.308 e. The highest BCUT2D eigenvalue weighted by molar-refractivity contribution is 6.01. The first-order valence-corrected chi connectivity index (χ1v) is 8.25. The fourth-order valence-corrected chi connectivity index (χ4v) is 2.64. The number of nitro benzene ring substituents is 1. The van der Waals surface area contributed by atoms with Crippen LogP contribution in [-0.4, -0.2) is 11.0 Å². The summed E-state index contributed by atoms with van der Waals surface area (Å²) < 4.78 is 0. The summed E-state index contributed by atoms with van der Waals surface area (Å²) in [6.07, 6.45) is 0. The third-order valence-corrected chi connectivity index (χ3v) is 3.95. The van der Waals surface area contributed by atoms with Gasteiger partial charge in [-0.1, -0.05) is 45.9 Å². The molecule has 2 rings (SSSR count). The van der Waals surface area contributed by atoms with E-state index >= 15 is 0 Å². The smallest absolute Gasteiger partial charge is 0.308 e. The Hall–Kier alpha value is -2.89. The maximum atomic E-state index is 12.4. The molecule has 6 nitrogen and oxygen atoms in total.